The van der Waals surface area contributed by atoms with Crippen molar-refractivity contribution in [2.75, 3.05) is 13.1 Å². The highest BCUT2D eigenvalue weighted by atomic mass is 19.1. The Bertz CT molecular complexity index is 802. The zero-order valence-electron chi connectivity index (χ0n) is 13.3. The molecule has 0 amide bonds. The van der Waals surface area contributed by atoms with E-state index in [9.17, 15) is 19.0 Å². The lowest BCUT2D eigenvalue weighted by molar-refractivity contribution is 0.141. The van der Waals surface area contributed by atoms with Gasteiger partial charge in [-0.2, -0.15) is 0 Å². The van der Waals surface area contributed by atoms with Crippen LogP contribution in [-0.2, 0) is 6.54 Å². The molecule has 2 aromatic carbocycles. The van der Waals surface area contributed by atoms with Crippen LogP contribution in [0.4, 0.5) is 8.78 Å². The molecule has 0 spiro atoms. The van der Waals surface area contributed by atoms with E-state index in [0.29, 0.717) is 23.9 Å². The summed E-state index contributed by atoms with van der Waals surface area (Å²) < 4.78 is 29.0. The van der Waals surface area contributed by atoms with Gasteiger partial charge < -0.3 is 20.1 Å². The van der Waals surface area contributed by atoms with Gasteiger partial charge >= 0.3 is 0 Å². The number of halogens is 2. The van der Waals surface area contributed by atoms with Gasteiger partial charge in [0.2, 0.25) is 0 Å². The lowest BCUT2D eigenvalue weighted by atomic mass is 10.1. The molecule has 3 N–H and O–H groups in total. The van der Waals surface area contributed by atoms with E-state index in [0.717, 1.165) is 11.0 Å². The average molecular weight is 334 g/mol. The molecule has 1 aromatic heterocycles. The predicted molar refractivity (Wildman–Crippen MR) is 89.9 cm³/mol. The smallest absolute Gasteiger partial charge is 0.123 e. The number of benzene rings is 2. The molecule has 0 aliphatic carbocycles. The zero-order valence-corrected chi connectivity index (χ0v) is 13.3. The van der Waals surface area contributed by atoms with Crippen molar-refractivity contribution in [2.24, 2.45) is 0 Å². The van der Waals surface area contributed by atoms with E-state index >= 15 is 0 Å². The molecule has 0 radical (unpaired) electrons. The molecule has 3 rings (SSSR count). The Balaban J connectivity index is 1.96. The molecule has 0 saturated carbocycles. The van der Waals surface area contributed by atoms with Crippen LogP contribution >= 0.6 is 0 Å². The van der Waals surface area contributed by atoms with E-state index in [1.807, 2.05) is 4.57 Å². The van der Waals surface area contributed by atoms with Crippen LogP contribution in [0, 0.1) is 11.6 Å². The Kier molecular flexibility index (Phi) is 4.80. The maximum Gasteiger partial charge on any atom is 0.123 e. The van der Waals surface area contributed by atoms with Crippen LogP contribution in [0.3, 0.4) is 0 Å². The summed E-state index contributed by atoms with van der Waals surface area (Å²) >= 11 is 0. The first-order valence-electron chi connectivity index (χ1n) is 7.89. The molecule has 1 heterocycles. The predicted octanol–water partition coefficient (Wildman–Crippen LogP) is 2.40. The molecule has 0 fully saturated rings. The van der Waals surface area contributed by atoms with Gasteiger partial charge in [-0.1, -0.05) is 0 Å². The van der Waals surface area contributed by atoms with Crippen LogP contribution in [0.2, 0.25) is 0 Å². The van der Waals surface area contributed by atoms with E-state index < -0.39 is 12.2 Å². The van der Waals surface area contributed by atoms with E-state index in [1.165, 1.54) is 24.3 Å². The third kappa shape index (κ3) is 3.40. The van der Waals surface area contributed by atoms with E-state index in [4.69, 9.17) is 0 Å². The van der Waals surface area contributed by atoms with Crippen molar-refractivity contribution in [1.29, 1.82) is 0 Å². The minimum atomic E-state index is -0.697. The van der Waals surface area contributed by atoms with Crippen LogP contribution in [-0.4, -0.2) is 40.1 Å². The van der Waals surface area contributed by atoms with Crippen LogP contribution in [0.25, 0.3) is 21.8 Å². The van der Waals surface area contributed by atoms with Crippen LogP contribution in [0.5, 0.6) is 0 Å². The molecule has 0 saturated heterocycles. The van der Waals surface area contributed by atoms with Crippen molar-refractivity contribution >= 4 is 21.8 Å². The quantitative estimate of drug-likeness (QED) is 0.649. The van der Waals surface area contributed by atoms with Gasteiger partial charge in [-0.3, -0.25) is 0 Å². The average Bonchev–Trinajstić information content (AvgIpc) is 2.80. The van der Waals surface area contributed by atoms with Crippen LogP contribution in [0.1, 0.15) is 6.92 Å². The van der Waals surface area contributed by atoms with Gasteiger partial charge in [0.05, 0.1) is 18.8 Å². The summed E-state index contributed by atoms with van der Waals surface area (Å²) in [5.74, 6) is -0.769. The maximum atomic E-state index is 13.6. The summed E-state index contributed by atoms with van der Waals surface area (Å²) in [4.78, 5) is 0. The second kappa shape index (κ2) is 6.84. The fraction of sp³-hybridized carbons (Fsp3) is 0.333. The minimum Gasteiger partial charge on any atom is -0.392 e. The first kappa shape index (κ1) is 16.8. The van der Waals surface area contributed by atoms with Gasteiger partial charge in [0.25, 0.3) is 0 Å². The van der Waals surface area contributed by atoms with Crippen molar-refractivity contribution in [3.63, 3.8) is 0 Å². The Morgan fingerprint density at radius 1 is 0.958 bits per heavy atom. The third-order valence-corrected chi connectivity index (χ3v) is 4.00. The first-order valence-corrected chi connectivity index (χ1v) is 7.89. The number of nitrogens with one attached hydrogen (secondary N) is 1. The highest BCUT2D eigenvalue weighted by Crippen LogP contribution is 2.30. The molecular weight excluding hydrogens is 314 g/mol. The molecule has 4 nitrogen and oxygen atoms in total. The number of aliphatic hydroxyl groups excluding tert-OH is 2. The second-order valence-corrected chi connectivity index (χ2v) is 6.09. The molecule has 128 valence electrons. The van der Waals surface area contributed by atoms with Crippen molar-refractivity contribution in [3.8, 4) is 0 Å². The molecule has 0 aliphatic heterocycles. The number of nitrogens with zero attached hydrogens (tertiary/aromatic N) is 1. The zero-order chi connectivity index (χ0) is 17.3. The number of hydrogen-bond donors (Lipinski definition) is 3. The monoisotopic (exact) mass is 334 g/mol. The number of fused-ring (bicyclic) bond motifs is 3. The Morgan fingerprint density at radius 3 is 2.00 bits per heavy atom. The Labute approximate surface area is 138 Å². The van der Waals surface area contributed by atoms with Gasteiger partial charge in [0.15, 0.2) is 0 Å². The van der Waals surface area contributed by atoms with Crippen LogP contribution < -0.4 is 5.32 Å². The van der Waals surface area contributed by atoms with Gasteiger partial charge in [-0.25, -0.2) is 8.78 Å². The molecule has 3 aromatic rings. The molecule has 6 heteroatoms. The van der Waals surface area contributed by atoms with E-state index in [-0.39, 0.29) is 18.2 Å². The lowest BCUT2D eigenvalue weighted by Crippen LogP contribution is -2.34. The van der Waals surface area contributed by atoms with Crippen molar-refractivity contribution in [1.82, 2.24) is 9.88 Å². The molecule has 24 heavy (non-hydrogen) atoms. The third-order valence-electron chi connectivity index (χ3n) is 4.00. The van der Waals surface area contributed by atoms with Crippen molar-refractivity contribution in [2.45, 2.75) is 25.7 Å². The summed E-state index contributed by atoms with van der Waals surface area (Å²) in [6, 6.07) is 8.74. The maximum absolute atomic E-state index is 13.6. The Hall–Kier alpha value is -2.02. The van der Waals surface area contributed by atoms with Gasteiger partial charge in [0.1, 0.15) is 11.6 Å². The van der Waals surface area contributed by atoms with Gasteiger partial charge in [-0.05, 0) is 43.3 Å². The molecule has 2 unspecified atom stereocenters. The topological polar surface area (TPSA) is 57.4 Å². The number of rotatable bonds is 6. The summed E-state index contributed by atoms with van der Waals surface area (Å²) in [5.41, 5.74) is 1.48. The molecule has 0 aliphatic rings. The highest BCUT2D eigenvalue weighted by molar-refractivity contribution is 6.08. The van der Waals surface area contributed by atoms with Gasteiger partial charge in [0, 0.05) is 34.9 Å². The highest BCUT2D eigenvalue weighted by Gasteiger charge is 2.15. The number of aromatic nitrogens is 1. The summed E-state index contributed by atoms with van der Waals surface area (Å²) in [6.45, 7) is 2.65. The minimum absolute atomic E-state index is 0.282. The summed E-state index contributed by atoms with van der Waals surface area (Å²) in [7, 11) is 0. The molecule has 2 atom stereocenters. The van der Waals surface area contributed by atoms with Crippen molar-refractivity contribution in [3.05, 3.63) is 48.0 Å². The lowest BCUT2D eigenvalue weighted by Gasteiger charge is -2.15. The summed E-state index contributed by atoms with van der Waals surface area (Å²) in [6.07, 6.45) is -1.19. The number of hydrogen-bond acceptors (Lipinski definition) is 3. The number of aliphatic hydroxyl groups is 2. The molecular formula is C18H20F2N2O2. The van der Waals surface area contributed by atoms with E-state index in [2.05, 4.69) is 5.32 Å². The standard InChI is InChI=1S/C18H20F2N2O2/c1-11(23)8-21-9-14(24)10-22-17-4-2-12(19)6-15(17)16-7-13(20)3-5-18(16)22/h2-7,11,14,21,23-24H,8-10H2,1H3. The SMILES string of the molecule is CC(O)CNCC(O)Cn1c2ccc(F)cc2c2cc(F)ccc21. The second-order valence-electron chi connectivity index (χ2n) is 6.09. The largest absolute Gasteiger partial charge is 0.392 e. The Morgan fingerprint density at radius 2 is 1.50 bits per heavy atom. The fourth-order valence-corrected chi connectivity index (χ4v) is 2.98. The van der Waals surface area contributed by atoms with E-state index in [1.54, 1.807) is 19.1 Å². The molecule has 0 bridgehead atoms. The fourth-order valence-electron chi connectivity index (χ4n) is 2.98. The first-order chi connectivity index (χ1) is 11.5. The van der Waals surface area contributed by atoms with Crippen LogP contribution in [0.15, 0.2) is 36.4 Å². The normalized spacial score (nSPS) is 14.4. The van der Waals surface area contributed by atoms with Crippen molar-refractivity contribution < 1.29 is 19.0 Å². The van der Waals surface area contributed by atoms with Gasteiger partial charge in [-0.15, -0.1) is 0 Å². The summed E-state index contributed by atoms with van der Waals surface area (Å²) in [5, 5.41) is 23.7.